The van der Waals surface area contributed by atoms with Crippen LogP contribution in [0.5, 0.6) is 0 Å². The predicted molar refractivity (Wildman–Crippen MR) is 43.9 cm³/mol. The van der Waals surface area contributed by atoms with Crippen LogP contribution in [0.4, 0.5) is 0 Å². The zero-order valence-electron chi connectivity index (χ0n) is 7.13. The summed E-state index contributed by atoms with van der Waals surface area (Å²) >= 11 is 5.08. The van der Waals surface area contributed by atoms with Gasteiger partial charge in [0.1, 0.15) is 0 Å². The highest BCUT2D eigenvalue weighted by Gasteiger charge is 2.07. The maximum absolute atomic E-state index is 10.2. The third-order valence-electron chi connectivity index (χ3n) is 0.553. The third-order valence-corrected chi connectivity index (χ3v) is 1.03. The highest BCUT2D eigenvalue weighted by Crippen LogP contribution is 1.93. The zero-order valence-corrected chi connectivity index (χ0v) is 7.88. The number of halogens is 1. The normalized spacial score (nSPS) is 7.67. The molecule has 0 rings (SSSR count). The second-order valence-corrected chi connectivity index (χ2v) is 2.27. The van der Waals surface area contributed by atoms with Crippen molar-refractivity contribution in [1.82, 2.24) is 4.42 Å². The molecule has 12 heavy (non-hydrogen) atoms. The highest BCUT2D eigenvalue weighted by molar-refractivity contribution is 6.29. The van der Waals surface area contributed by atoms with E-state index in [2.05, 4.69) is 5.73 Å². The van der Waals surface area contributed by atoms with Crippen LogP contribution in [0.2, 0.25) is 0 Å². The molecule has 0 aromatic rings. The number of imide groups is 1. The van der Waals surface area contributed by atoms with Gasteiger partial charge in [0.2, 0.25) is 17.7 Å². The van der Waals surface area contributed by atoms with Crippen LogP contribution in [0.15, 0.2) is 0 Å². The monoisotopic (exact) mass is 194 g/mol. The summed E-state index contributed by atoms with van der Waals surface area (Å²) in [5, 5.41) is 0. The van der Waals surface area contributed by atoms with Gasteiger partial charge in [-0.05, 0) is 0 Å². The number of nitrogens with two attached hydrogens (primary N) is 1. The Kier molecular flexibility index (Phi) is 7.42. The van der Waals surface area contributed by atoms with Crippen LogP contribution in [-0.4, -0.2) is 22.1 Å². The fraction of sp³-hybridized carbons (Fsp3) is 0.500. The summed E-state index contributed by atoms with van der Waals surface area (Å²) in [5.74, 6) is -1.25. The van der Waals surface area contributed by atoms with Crippen LogP contribution in [0.25, 0.3) is 0 Å². The van der Waals surface area contributed by atoms with Crippen molar-refractivity contribution >= 4 is 29.5 Å². The number of rotatable bonds is 0. The Morgan fingerprint density at radius 1 is 1.08 bits per heavy atom. The molecule has 0 fully saturated rings. The van der Waals surface area contributed by atoms with E-state index in [-0.39, 0.29) is 5.91 Å². The van der Waals surface area contributed by atoms with Crippen LogP contribution < -0.4 is 5.73 Å². The average molecular weight is 195 g/mol. The Hall–Kier alpha value is -1.10. The van der Waals surface area contributed by atoms with Crippen molar-refractivity contribution in [3.05, 3.63) is 0 Å². The number of carbonyl (C=O) groups is 3. The largest absolute Gasteiger partial charge is 0.370 e. The Morgan fingerprint density at radius 3 is 1.25 bits per heavy atom. The summed E-state index contributed by atoms with van der Waals surface area (Å²) in [6.07, 6.45) is 0. The molecule has 0 aromatic heterocycles. The number of carbonyl (C=O) groups excluding carboxylic acids is 3. The van der Waals surface area contributed by atoms with Crippen LogP contribution in [0, 0.1) is 0 Å². The first-order chi connectivity index (χ1) is 5.29. The van der Waals surface area contributed by atoms with Crippen molar-refractivity contribution in [3.63, 3.8) is 0 Å². The summed E-state index contributed by atoms with van der Waals surface area (Å²) in [7, 11) is 0. The number of nitrogens with zero attached hydrogens (tertiary/aromatic N) is 1. The Labute approximate surface area is 75.6 Å². The Bertz CT molecular complexity index is 175. The van der Waals surface area contributed by atoms with Gasteiger partial charge in [0.05, 0.1) is 0 Å². The molecule has 0 heterocycles. The molecule has 0 unspecified atom stereocenters. The summed E-state index contributed by atoms with van der Waals surface area (Å²) < 4.78 is 0.528. The maximum Gasteiger partial charge on any atom is 0.240 e. The minimum atomic E-state index is -0.459. The van der Waals surface area contributed by atoms with Crippen molar-refractivity contribution in [1.29, 1.82) is 0 Å². The molecular weight excluding hydrogens is 184 g/mol. The van der Waals surface area contributed by atoms with Crippen molar-refractivity contribution in [2.45, 2.75) is 20.8 Å². The van der Waals surface area contributed by atoms with Crippen molar-refractivity contribution < 1.29 is 14.4 Å². The molecule has 0 aliphatic rings. The lowest BCUT2D eigenvalue weighted by molar-refractivity contribution is -0.135. The topological polar surface area (TPSA) is 80.5 Å². The number of amides is 3. The van der Waals surface area contributed by atoms with Crippen LogP contribution in [0.3, 0.4) is 0 Å². The minimum absolute atomic E-state index is 0.333. The highest BCUT2D eigenvalue weighted by atomic mass is 35.5. The fourth-order valence-corrected chi connectivity index (χ4v) is 0.222. The number of hydrogen-bond acceptors (Lipinski definition) is 3. The van der Waals surface area contributed by atoms with E-state index in [9.17, 15) is 14.4 Å². The summed E-state index contributed by atoms with van der Waals surface area (Å²) in [4.78, 5) is 29.5. The second kappa shape index (κ2) is 6.60. The summed E-state index contributed by atoms with van der Waals surface area (Å²) in [5.41, 5.74) is 4.47. The summed E-state index contributed by atoms with van der Waals surface area (Å²) in [6, 6.07) is 0. The van der Waals surface area contributed by atoms with E-state index in [1.165, 1.54) is 20.8 Å². The molecule has 0 bridgehead atoms. The molecule has 2 N–H and O–H groups in total. The molecule has 0 atom stereocenters. The molecule has 6 heteroatoms. The van der Waals surface area contributed by atoms with Gasteiger partial charge in [0, 0.05) is 32.5 Å². The van der Waals surface area contributed by atoms with E-state index < -0.39 is 11.8 Å². The van der Waals surface area contributed by atoms with E-state index in [0.29, 0.717) is 4.42 Å². The molecule has 0 saturated carbocycles. The lowest BCUT2D eigenvalue weighted by atomic mass is 10.6. The van der Waals surface area contributed by atoms with Crippen molar-refractivity contribution in [3.8, 4) is 0 Å². The van der Waals surface area contributed by atoms with Gasteiger partial charge >= 0.3 is 0 Å². The van der Waals surface area contributed by atoms with E-state index in [4.69, 9.17) is 11.8 Å². The quantitative estimate of drug-likeness (QED) is 0.553. The molecule has 3 amide bonds. The molecular formula is C6H11ClN2O3. The molecule has 0 aromatic carbocycles. The van der Waals surface area contributed by atoms with Gasteiger partial charge in [0.25, 0.3) is 0 Å². The molecule has 0 radical (unpaired) electrons. The molecule has 0 aliphatic heterocycles. The standard InChI is InChI=1S/C4H6ClNO2.C2H5NO/c1-3(7)6(5)4(2)8;1-2(3)4/h1-2H3;1H3,(H2,3,4). The van der Waals surface area contributed by atoms with E-state index in [1.807, 2.05) is 0 Å². The number of primary amides is 1. The van der Waals surface area contributed by atoms with Gasteiger partial charge in [-0.1, -0.05) is 0 Å². The van der Waals surface area contributed by atoms with E-state index >= 15 is 0 Å². The van der Waals surface area contributed by atoms with E-state index in [0.717, 1.165) is 0 Å². The first-order valence-corrected chi connectivity index (χ1v) is 3.36. The average Bonchev–Trinajstić information content (AvgIpc) is 1.84. The Balaban J connectivity index is 0. The Morgan fingerprint density at radius 2 is 1.25 bits per heavy atom. The van der Waals surface area contributed by atoms with Gasteiger partial charge in [-0.25, -0.2) is 0 Å². The maximum atomic E-state index is 10.2. The first kappa shape index (κ1) is 13.5. The lowest BCUT2D eigenvalue weighted by Gasteiger charge is -2.02. The molecule has 70 valence electrons. The first-order valence-electron chi connectivity index (χ1n) is 3.02. The second-order valence-electron chi connectivity index (χ2n) is 1.93. The van der Waals surface area contributed by atoms with Gasteiger partial charge in [0.15, 0.2) is 0 Å². The van der Waals surface area contributed by atoms with Gasteiger partial charge in [-0.15, -0.1) is 0 Å². The molecule has 5 nitrogen and oxygen atoms in total. The van der Waals surface area contributed by atoms with Crippen LogP contribution in [-0.2, 0) is 14.4 Å². The zero-order chi connectivity index (χ0) is 10.3. The van der Waals surface area contributed by atoms with Gasteiger partial charge < -0.3 is 5.73 Å². The fourth-order valence-electron chi connectivity index (χ4n) is 0.222. The van der Waals surface area contributed by atoms with Gasteiger partial charge in [-0.2, -0.15) is 4.42 Å². The number of hydrogen-bond donors (Lipinski definition) is 1. The lowest BCUT2D eigenvalue weighted by Crippen LogP contribution is -2.22. The molecule has 0 spiro atoms. The third kappa shape index (κ3) is 11.7. The van der Waals surface area contributed by atoms with Crippen molar-refractivity contribution in [2.75, 3.05) is 0 Å². The SMILES string of the molecule is CC(=O)N(Cl)C(C)=O.CC(N)=O. The smallest absolute Gasteiger partial charge is 0.240 e. The molecule has 0 aliphatic carbocycles. The molecule has 0 saturated heterocycles. The van der Waals surface area contributed by atoms with Crippen LogP contribution in [0.1, 0.15) is 20.8 Å². The van der Waals surface area contributed by atoms with Crippen LogP contribution >= 0.6 is 11.8 Å². The predicted octanol–water partition coefficient (Wildman–Crippen LogP) is 0.0268. The van der Waals surface area contributed by atoms with E-state index in [1.54, 1.807) is 0 Å². The van der Waals surface area contributed by atoms with Crippen molar-refractivity contribution in [2.24, 2.45) is 5.73 Å². The minimum Gasteiger partial charge on any atom is -0.370 e. The van der Waals surface area contributed by atoms with Gasteiger partial charge in [-0.3, -0.25) is 14.4 Å². The summed E-state index contributed by atoms with van der Waals surface area (Å²) in [6.45, 7) is 3.74.